The normalized spacial score (nSPS) is 21.5. The molecule has 1 spiro atoms. The molecule has 0 aliphatic carbocycles. The monoisotopic (exact) mass is 374 g/mol. The molecule has 4 rings (SSSR count). The van der Waals surface area contributed by atoms with E-state index in [4.69, 9.17) is 0 Å². The number of benzene rings is 1. The highest BCUT2D eigenvalue weighted by atomic mass is 32.2. The summed E-state index contributed by atoms with van der Waals surface area (Å²) in [4.78, 5) is 2.34. The second-order valence-corrected chi connectivity index (χ2v) is 9.96. The third-order valence-corrected chi connectivity index (χ3v) is 8.38. The van der Waals surface area contributed by atoms with Gasteiger partial charge >= 0.3 is 0 Å². The lowest BCUT2D eigenvalue weighted by molar-refractivity contribution is 0.189. The lowest BCUT2D eigenvalue weighted by atomic mass is 9.87. The predicted octanol–water partition coefficient (Wildman–Crippen LogP) is 2.73. The molecular formula is C19H26N4O2S. The van der Waals surface area contributed by atoms with Gasteiger partial charge in [-0.1, -0.05) is 18.2 Å². The Labute approximate surface area is 155 Å². The Balaban J connectivity index is 1.54. The second kappa shape index (κ2) is 6.09. The standard InChI is InChI=1S/C19H26N4O2S/c1-15(2)23-14-16(12-20-23)13-22-10-8-19(9-11-22)17-6-4-5-7-18(17)21(3)26(19,24)25/h4-7,12,14-15H,8-11,13H2,1-3H3. The summed E-state index contributed by atoms with van der Waals surface area (Å²) in [5.74, 6) is 0. The molecule has 2 aliphatic rings. The van der Waals surface area contributed by atoms with E-state index in [0.717, 1.165) is 30.9 Å². The Morgan fingerprint density at radius 2 is 1.88 bits per heavy atom. The van der Waals surface area contributed by atoms with Crippen molar-refractivity contribution in [2.24, 2.45) is 0 Å². The molecule has 0 saturated carbocycles. The molecule has 1 fully saturated rings. The molecule has 2 aromatic rings. The summed E-state index contributed by atoms with van der Waals surface area (Å²) in [7, 11) is -1.68. The highest BCUT2D eigenvalue weighted by Crippen LogP contribution is 2.51. The van der Waals surface area contributed by atoms with E-state index in [1.54, 1.807) is 7.05 Å². The molecule has 0 bridgehead atoms. The maximum atomic E-state index is 13.2. The van der Waals surface area contributed by atoms with E-state index in [1.165, 1.54) is 9.87 Å². The molecule has 6 nitrogen and oxygen atoms in total. The fourth-order valence-corrected chi connectivity index (χ4v) is 6.35. The number of sulfonamides is 1. The van der Waals surface area contributed by atoms with Gasteiger partial charge < -0.3 is 0 Å². The van der Waals surface area contributed by atoms with Crippen molar-refractivity contribution >= 4 is 15.7 Å². The van der Waals surface area contributed by atoms with Gasteiger partial charge in [-0.3, -0.25) is 13.9 Å². The number of hydrogen-bond donors (Lipinski definition) is 0. The fraction of sp³-hybridized carbons (Fsp3) is 0.526. The van der Waals surface area contributed by atoms with Crippen LogP contribution in [0.2, 0.25) is 0 Å². The van der Waals surface area contributed by atoms with Crippen molar-refractivity contribution in [2.45, 2.75) is 44.0 Å². The number of nitrogens with zero attached hydrogens (tertiary/aromatic N) is 4. The van der Waals surface area contributed by atoms with Crippen molar-refractivity contribution in [2.75, 3.05) is 24.4 Å². The summed E-state index contributed by atoms with van der Waals surface area (Å²) in [6.45, 7) is 6.59. The van der Waals surface area contributed by atoms with Crippen LogP contribution in [0.25, 0.3) is 0 Å². The van der Waals surface area contributed by atoms with Gasteiger partial charge in [0.1, 0.15) is 4.75 Å². The number of anilines is 1. The van der Waals surface area contributed by atoms with Crippen LogP contribution in [0.5, 0.6) is 0 Å². The van der Waals surface area contributed by atoms with Crippen molar-refractivity contribution in [1.29, 1.82) is 0 Å². The molecule has 0 unspecified atom stereocenters. The Morgan fingerprint density at radius 3 is 2.54 bits per heavy atom. The molecule has 3 heterocycles. The average molecular weight is 375 g/mol. The van der Waals surface area contributed by atoms with E-state index < -0.39 is 14.8 Å². The highest BCUT2D eigenvalue weighted by molar-refractivity contribution is 7.94. The molecule has 2 aliphatic heterocycles. The molecule has 0 amide bonds. The van der Waals surface area contributed by atoms with Crippen LogP contribution in [0.15, 0.2) is 36.7 Å². The van der Waals surface area contributed by atoms with E-state index in [1.807, 2.05) is 35.1 Å². The van der Waals surface area contributed by atoms with Crippen LogP contribution in [-0.4, -0.2) is 43.2 Å². The summed E-state index contributed by atoms with van der Waals surface area (Å²) in [6, 6.07) is 8.10. The van der Waals surface area contributed by atoms with Crippen LogP contribution < -0.4 is 4.31 Å². The third kappa shape index (κ3) is 2.48. The molecule has 140 valence electrons. The van der Waals surface area contributed by atoms with Gasteiger partial charge in [-0.05, 0) is 38.3 Å². The van der Waals surface area contributed by atoms with E-state index in [2.05, 4.69) is 30.0 Å². The minimum atomic E-state index is -3.36. The zero-order valence-corrected chi connectivity index (χ0v) is 16.4. The number of likely N-dealkylation sites (tertiary alicyclic amines) is 1. The fourth-order valence-electron chi connectivity index (χ4n) is 4.26. The minimum Gasteiger partial charge on any atom is -0.299 e. The summed E-state index contributed by atoms with van der Waals surface area (Å²) in [5, 5.41) is 4.40. The summed E-state index contributed by atoms with van der Waals surface area (Å²) in [6.07, 6.45) is 5.27. The predicted molar refractivity (Wildman–Crippen MR) is 103 cm³/mol. The number of para-hydroxylation sites is 1. The maximum absolute atomic E-state index is 13.2. The molecule has 0 radical (unpaired) electrons. The molecule has 1 aromatic heterocycles. The van der Waals surface area contributed by atoms with Crippen LogP contribution in [0, 0.1) is 0 Å². The van der Waals surface area contributed by atoms with Gasteiger partial charge in [0, 0.05) is 44.5 Å². The van der Waals surface area contributed by atoms with E-state index in [9.17, 15) is 8.42 Å². The quantitative estimate of drug-likeness (QED) is 0.829. The van der Waals surface area contributed by atoms with Crippen molar-refractivity contribution in [1.82, 2.24) is 14.7 Å². The van der Waals surface area contributed by atoms with Gasteiger partial charge in [-0.15, -0.1) is 0 Å². The number of rotatable bonds is 3. The van der Waals surface area contributed by atoms with E-state index in [0.29, 0.717) is 18.9 Å². The largest absolute Gasteiger partial charge is 0.299 e. The van der Waals surface area contributed by atoms with Crippen molar-refractivity contribution in [3.63, 3.8) is 0 Å². The van der Waals surface area contributed by atoms with Crippen LogP contribution in [0.3, 0.4) is 0 Å². The van der Waals surface area contributed by atoms with Crippen molar-refractivity contribution < 1.29 is 8.42 Å². The first-order chi connectivity index (χ1) is 12.3. The summed E-state index contributed by atoms with van der Waals surface area (Å²) >= 11 is 0. The zero-order valence-electron chi connectivity index (χ0n) is 15.6. The lowest BCUT2D eigenvalue weighted by Crippen LogP contribution is -2.47. The topological polar surface area (TPSA) is 58.4 Å². The van der Waals surface area contributed by atoms with E-state index >= 15 is 0 Å². The molecule has 0 atom stereocenters. The third-order valence-electron chi connectivity index (χ3n) is 5.84. The van der Waals surface area contributed by atoms with Gasteiger partial charge in [-0.25, -0.2) is 8.42 Å². The van der Waals surface area contributed by atoms with Gasteiger partial charge in [0.05, 0.1) is 11.9 Å². The number of fused-ring (bicyclic) bond motifs is 2. The minimum absolute atomic E-state index is 0.351. The summed E-state index contributed by atoms with van der Waals surface area (Å²) < 4.78 is 29.0. The van der Waals surface area contributed by atoms with Gasteiger partial charge in [0.15, 0.2) is 0 Å². The second-order valence-electron chi connectivity index (χ2n) is 7.68. The van der Waals surface area contributed by atoms with Crippen molar-refractivity contribution in [3.05, 3.63) is 47.8 Å². The average Bonchev–Trinajstić information content (AvgIpc) is 3.15. The summed E-state index contributed by atoms with van der Waals surface area (Å²) in [5.41, 5.74) is 2.98. The van der Waals surface area contributed by atoms with Crippen LogP contribution in [-0.2, 0) is 21.3 Å². The van der Waals surface area contributed by atoms with Gasteiger partial charge in [0.2, 0.25) is 10.0 Å². The Hall–Kier alpha value is -1.86. The zero-order chi connectivity index (χ0) is 18.5. The van der Waals surface area contributed by atoms with E-state index in [-0.39, 0.29) is 0 Å². The number of hydrogen-bond acceptors (Lipinski definition) is 4. The number of aromatic nitrogens is 2. The van der Waals surface area contributed by atoms with Gasteiger partial charge in [0.25, 0.3) is 0 Å². The smallest absolute Gasteiger partial charge is 0.245 e. The Kier molecular flexibility index (Phi) is 4.11. The highest BCUT2D eigenvalue weighted by Gasteiger charge is 2.55. The number of piperidine rings is 1. The molecular weight excluding hydrogens is 348 g/mol. The van der Waals surface area contributed by atoms with Crippen LogP contribution in [0.1, 0.15) is 43.9 Å². The Bertz CT molecular complexity index is 911. The SMILES string of the molecule is CC(C)n1cc(CN2CCC3(CC2)c2ccccc2N(C)S3(=O)=O)cn1. The molecule has 1 saturated heterocycles. The first kappa shape index (κ1) is 17.5. The van der Waals surface area contributed by atoms with Crippen molar-refractivity contribution in [3.8, 4) is 0 Å². The molecule has 7 heteroatoms. The van der Waals surface area contributed by atoms with Gasteiger partial charge in [-0.2, -0.15) is 5.10 Å². The lowest BCUT2D eigenvalue weighted by Gasteiger charge is -2.38. The first-order valence-electron chi connectivity index (χ1n) is 9.18. The Morgan fingerprint density at radius 1 is 1.19 bits per heavy atom. The molecule has 26 heavy (non-hydrogen) atoms. The molecule has 1 aromatic carbocycles. The first-order valence-corrected chi connectivity index (χ1v) is 10.6. The van der Waals surface area contributed by atoms with Crippen LogP contribution >= 0.6 is 0 Å². The van der Waals surface area contributed by atoms with Crippen LogP contribution in [0.4, 0.5) is 5.69 Å². The molecule has 0 N–H and O–H groups in total. The maximum Gasteiger partial charge on any atom is 0.245 e.